The monoisotopic (exact) mass is 488 g/mol. The van der Waals surface area contributed by atoms with Gasteiger partial charge < -0.3 is 19.1 Å². The molecule has 1 fully saturated rings. The van der Waals surface area contributed by atoms with Crippen LogP contribution in [0, 0.1) is 5.92 Å². The van der Waals surface area contributed by atoms with E-state index in [0.29, 0.717) is 43.2 Å². The topological polar surface area (TPSA) is 102 Å². The van der Waals surface area contributed by atoms with Crippen LogP contribution < -0.4 is 14.4 Å². The van der Waals surface area contributed by atoms with Gasteiger partial charge >= 0.3 is 5.97 Å². The molecule has 0 radical (unpaired) electrons. The summed E-state index contributed by atoms with van der Waals surface area (Å²) in [7, 11) is -2.11. The molecule has 1 unspecified atom stereocenters. The molecule has 1 amide bonds. The zero-order valence-electron chi connectivity index (χ0n) is 19.2. The van der Waals surface area contributed by atoms with E-state index in [0.717, 1.165) is 0 Å². The summed E-state index contributed by atoms with van der Waals surface area (Å²) in [5, 5.41) is 0. The Balaban J connectivity index is 1.33. The van der Waals surface area contributed by atoms with Gasteiger partial charge in [-0.1, -0.05) is 18.2 Å². The molecule has 10 heteroatoms. The number of nitrogens with zero attached hydrogens (tertiary/aromatic N) is 2. The molecule has 0 spiro atoms. The fraction of sp³-hybridized carbons (Fsp3) is 0.417. The van der Waals surface area contributed by atoms with Crippen LogP contribution in [0.15, 0.2) is 53.4 Å². The molecule has 2 aromatic rings. The first-order valence-corrected chi connectivity index (χ1v) is 12.6. The molecule has 1 atom stereocenters. The fourth-order valence-corrected chi connectivity index (χ4v) is 5.52. The Morgan fingerprint density at radius 3 is 2.35 bits per heavy atom. The van der Waals surface area contributed by atoms with Gasteiger partial charge in [-0.05, 0) is 44.0 Å². The van der Waals surface area contributed by atoms with Crippen molar-refractivity contribution in [1.29, 1.82) is 0 Å². The van der Waals surface area contributed by atoms with E-state index in [2.05, 4.69) is 0 Å². The Bertz CT molecular complexity index is 1150. The zero-order chi connectivity index (χ0) is 24.3. The van der Waals surface area contributed by atoms with Crippen molar-refractivity contribution in [2.75, 3.05) is 38.3 Å². The lowest BCUT2D eigenvalue weighted by atomic mass is 9.98. The van der Waals surface area contributed by atoms with Crippen molar-refractivity contribution in [2.45, 2.75) is 30.8 Å². The third kappa shape index (κ3) is 5.02. The van der Waals surface area contributed by atoms with Gasteiger partial charge in [-0.2, -0.15) is 4.31 Å². The number of likely N-dealkylation sites (N-methyl/N-ethyl adjacent to an activating group) is 1. The van der Waals surface area contributed by atoms with Gasteiger partial charge in [0.25, 0.3) is 5.91 Å². The van der Waals surface area contributed by atoms with E-state index < -0.39 is 28.0 Å². The molecule has 0 saturated carbocycles. The minimum atomic E-state index is -3.74. The number of para-hydroxylation sites is 1. The summed E-state index contributed by atoms with van der Waals surface area (Å²) in [4.78, 5) is 26.9. The summed E-state index contributed by atoms with van der Waals surface area (Å²) in [6.45, 7) is 2.70. The van der Waals surface area contributed by atoms with Crippen LogP contribution in [0.2, 0.25) is 0 Å². The van der Waals surface area contributed by atoms with Crippen LogP contribution in [0.3, 0.4) is 0 Å². The third-order valence-electron chi connectivity index (χ3n) is 6.05. The maximum Gasteiger partial charge on any atom is 0.309 e. The predicted molar refractivity (Wildman–Crippen MR) is 124 cm³/mol. The number of esters is 1. The highest BCUT2D eigenvalue weighted by Gasteiger charge is 2.35. The van der Waals surface area contributed by atoms with Gasteiger partial charge in [0, 0.05) is 31.9 Å². The fourth-order valence-electron chi connectivity index (χ4n) is 4.04. The van der Waals surface area contributed by atoms with Crippen molar-refractivity contribution in [3.8, 4) is 11.5 Å². The van der Waals surface area contributed by atoms with Gasteiger partial charge in [0.15, 0.2) is 17.6 Å². The van der Waals surface area contributed by atoms with Gasteiger partial charge in [0.1, 0.15) is 13.2 Å². The van der Waals surface area contributed by atoms with Crippen molar-refractivity contribution in [1.82, 2.24) is 4.31 Å². The molecule has 0 bridgehead atoms. The molecule has 0 aliphatic carbocycles. The summed E-state index contributed by atoms with van der Waals surface area (Å²) in [5.74, 6) is -0.362. The SMILES string of the molecule is CC(OC(=O)C1CCN(S(=O)(=O)c2ccc3c(c2)OCCO3)CC1)C(=O)N(C)c1ccccc1. The van der Waals surface area contributed by atoms with E-state index in [4.69, 9.17) is 14.2 Å². The second-order valence-corrected chi connectivity index (χ2v) is 10.2. The standard InChI is InChI=1S/C24H28N2O7S/c1-17(23(27)25(2)19-6-4-3-5-7-19)33-24(28)18-10-12-26(13-11-18)34(29,30)20-8-9-21-22(16-20)32-15-14-31-21/h3-9,16-18H,10-15H2,1-2H3. The number of sulfonamides is 1. The van der Waals surface area contributed by atoms with E-state index >= 15 is 0 Å². The Hall–Kier alpha value is -3.11. The number of benzene rings is 2. The summed E-state index contributed by atoms with van der Waals surface area (Å²) < 4.78 is 43.9. The minimum absolute atomic E-state index is 0.126. The lowest BCUT2D eigenvalue weighted by Gasteiger charge is -2.31. The molecular weight excluding hydrogens is 460 g/mol. The maximum atomic E-state index is 13.1. The van der Waals surface area contributed by atoms with Crippen LogP contribution in [-0.4, -0.2) is 64.1 Å². The van der Waals surface area contributed by atoms with Crippen LogP contribution in [0.1, 0.15) is 19.8 Å². The molecule has 2 aliphatic heterocycles. The summed E-state index contributed by atoms with van der Waals surface area (Å²) in [6, 6.07) is 13.7. The summed E-state index contributed by atoms with van der Waals surface area (Å²) in [6.07, 6.45) is -0.312. The van der Waals surface area contributed by atoms with Crippen LogP contribution in [0.25, 0.3) is 0 Å². The third-order valence-corrected chi connectivity index (χ3v) is 7.95. The molecule has 0 N–H and O–H groups in total. The van der Waals surface area contributed by atoms with Crippen LogP contribution in [-0.2, 0) is 24.3 Å². The number of carbonyl (C=O) groups excluding carboxylic acids is 2. The van der Waals surface area contributed by atoms with E-state index in [1.54, 1.807) is 32.2 Å². The molecule has 182 valence electrons. The number of amides is 1. The molecule has 9 nitrogen and oxygen atoms in total. The number of hydrogen-bond acceptors (Lipinski definition) is 7. The molecule has 2 aromatic carbocycles. The number of hydrogen-bond donors (Lipinski definition) is 0. The van der Waals surface area contributed by atoms with Crippen molar-refractivity contribution in [3.05, 3.63) is 48.5 Å². The summed E-state index contributed by atoms with van der Waals surface area (Å²) >= 11 is 0. The molecular formula is C24H28N2O7S. The van der Waals surface area contributed by atoms with E-state index in [9.17, 15) is 18.0 Å². The molecule has 2 heterocycles. The highest BCUT2D eigenvalue weighted by Crippen LogP contribution is 2.34. The number of carbonyl (C=O) groups is 2. The zero-order valence-corrected chi connectivity index (χ0v) is 20.0. The number of rotatable bonds is 6. The first-order valence-electron chi connectivity index (χ1n) is 11.2. The predicted octanol–water partition coefficient (Wildman–Crippen LogP) is 2.45. The van der Waals surface area contributed by atoms with Crippen molar-refractivity contribution in [2.24, 2.45) is 5.92 Å². The summed E-state index contributed by atoms with van der Waals surface area (Å²) in [5.41, 5.74) is 0.702. The minimum Gasteiger partial charge on any atom is -0.486 e. The van der Waals surface area contributed by atoms with Crippen molar-refractivity contribution in [3.63, 3.8) is 0 Å². The highest BCUT2D eigenvalue weighted by molar-refractivity contribution is 7.89. The Morgan fingerprint density at radius 2 is 1.68 bits per heavy atom. The van der Waals surface area contributed by atoms with Gasteiger partial charge in [0.05, 0.1) is 10.8 Å². The van der Waals surface area contributed by atoms with Crippen molar-refractivity contribution >= 4 is 27.6 Å². The quantitative estimate of drug-likeness (QED) is 0.576. The van der Waals surface area contributed by atoms with Crippen molar-refractivity contribution < 1.29 is 32.2 Å². The van der Waals surface area contributed by atoms with Gasteiger partial charge in [-0.15, -0.1) is 0 Å². The van der Waals surface area contributed by atoms with Gasteiger partial charge in [-0.3, -0.25) is 9.59 Å². The van der Waals surface area contributed by atoms with E-state index in [1.807, 2.05) is 18.2 Å². The Morgan fingerprint density at radius 1 is 1.03 bits per heavy atom. The second kappa shape index (κ2) is 10.0. The highest BCUT2D eigenvalue weighted by atomic mass is 32.2. The molecule has 2 aliphatic rings. The average molecular weight is 489 g/mol. The van der Waals surface area contributed by atoms with Gasteiger partial charge in [-0.25, -0.2) is 8.42 Å². The lowest BCUT2D eigenvalue weighted by molar-refractivity contribution is -0.159. The second-order valence-electron chi connectivity index (χ2n) is 8.30. The number of fused-ring (bicyclic) bond motifs is 1. The number of anilines is 1. The first-order chi connectivity index (χ1) is 16.3. The number of ether oxygens (including phenoxy) is 3. The molecule has 34 heavy (non-hydrogen) atoms. The van der Waals surface area contributed by atoms with Gasteiger partial charge in [0.2, 0.25) is 10.0 Å². The number of piperidine rings is 1. The first kappa shape index (κ1) is 24.0. The van der Waals surface area contributed by atoms with E-state index in [1.165, 1.54) is 21.3 Å². The smallest absolute Gasteiger partial charge is 0.309 e. The van der Waals surface area contributed by atoms with Crippen LogP contribution in [0.5, 0.6) is 11.5 Å². The van der Waals surface area contributed by atoms with Crippen LogP contribution in [0.4, 0.5) is 5.69 Å². The molecule has 1 saturated heterocycles. The molecule has 4 rings (SSSR count). The Labute approximate surface area is 199 Å². The van der Waals surface area contributed by atoms with E-state index in [-0.39, 0.29) is 23.9 Å². The average Bonchev–Trinajstić information content (AvgIpc) is 2.88. The lowest BCUT2D eigenvalue weighted by Crippen LogP contribution is -2.42. The largest absolute Gasteiger partial charge is 0.486 e. The normalized spacial score (nSPS) is 17.6. The Kier molecular flexibility index (Phi) is 7.08. The van der Waals surface area contributed by atoms with Crippen LogP contribution >= 0.6 is 0 Å². The molecule has 0 aromatic heterocycles. The maximum absolute atomic E-state index is 13.1.